The van der Waals surface area contributed by atoms with E-state index in [1.807, 2.05) is 6.92 Å². The highest BCUT2D eigenvalue weighted by Crippen LogP contribution is 2.34. The van der Waals surface area contributed by atoms with Crippen LogP contribution < -0.4 is 5.73 Å². The van der Waals surface area contributed by atoms with Gasteiger partial charge in [-0.3, -0.25) is 0 Å². The molecular weight excluding hydrogens is 254 g/mol. The Hall–Kier alpha value is -1.42. The van der Waals surface area contributed by atoms with Gasteiger partial charge in [0, 0.05) is 16.1 Å². The molecule has 0 atom stereocenters. The lowest BCUT2D eigenvalue weighted by atomic mass is 9.95. The maximum atomic E-state index is 6.02. The van der Waals surface area contributed by atoms with Crippen LogP contribution in [0.4, 0.5) is 5.82 Å². The summed E-state index contributed by atoms with van der Waals surface area (Å²) in [5, 5.41) is 0. The Morgan fingerprint density at radius 2 is 1.89 bits per heavy atom. The van der Waals surface area contributed by atoms with Gasteiger partial charge in [-0.2, -0.15) is 0 Å². The Morgan fingerprint density at radius 1 is 1.21 bits per heavy atom. The first-order valence-electron chi connectivity index (χ1n) is 6.56. The number of thiophene rings is 1. The van der Waals surface area contributed by atoms with Crippen molar-refractivity contribution in [3.8, 4) is 10.7 Å². The zero-order chi connectivity index (χ0) is 14.2. The third-order valence-electron chi connectivity index (χ3n) is 3.17. The molecule has 3 nitrogen and oxygen atoms in total. The summed E-state index contributed by atoms with van der Waals surface area (Å²) in [6.07, 6.45) is 0.871. The fraction of sp³-hybridized carbons (Fsp3) is 0.467. The number of anilines is 1. The van der Waals surface area contributed by atoms with Crippen molar-refractivity contribution in [3.63, 3.8) is 0 Å². The first-order valence-corrected chi connectivity index (χ1v) is 7.38. The first kappa shape index (κ1) is 14.0. The topological polar surface area (TPSA) is 51.8 Å². The highest BCUT2D eigenvalue weighted by molar-refractivity contribution is 7.15. The molecule has 0 spiro atoms. The zero-order valence-electron chi connectivity index (χ0n) is 12.2. The second-order valence-electron chi connectivity index (χ2n) is 5.76. The summed E-state index contributed by atoms with van der Waals surface area (Å²) in [7, 11) is 0. The average molecular weight is 275 g/mol. The van der Waals surface area contributed by atoms with Crippen LogP contribution in [0, 0.1) is 6.92 Å². The van der Waals surface area contributed by atoms with Crippen LogP contribution in [0.15, 0.2) is 12.1 Å². The molecule has 0 amide bonds. The molecule has 19 heavy (non-hydrogen) atoms. The summed E-state index contributed by atoms with van der Waals surface area (Å²) in [5.41, 5.74) is 8.21. The minimum absolute atomic E-state index is 0.160. The van der Waals surface area contributed by atoms with Crippen molar-refractivity contribution in [3.05, 3.63) is 28.3 Å². The zero-order valence-corrected chi connectivity index (χ0v) is 13.1. The molecule has 0 saturated heterocycles. The minimum Gasteiger partial charge on any atom is -0.383 e. The molecule has 0 aromatic carbocycles. The van der Waals surface area contributed by atoms with Gasteiger partial charge in [-0.05, 0) is 30.9 Å². The predicted molar refractivity (Wildman–Crippen MR) is 82.6 cm³/mol. The van der Waals surface area contributed by atoms with Gasteiger partial charge in [0.25, 0.3) is 0 Å². The number of rotatable bonds is 2. The Morgan fingerprint density at radius 3 is 2.37 bits per heavy atom. The molecule has 4 heteroatoms. The highest BCUT2D eigenvalue weighted by Gasteiger charge is 2.18. The fourth-order valence-electron chi connectivity index (χ4n) is 2.03. The van der Waals surface area contributed by atoms with Crippen molar-refractivity contribution in [2.24, 2.45) is 0 Å². The molecular formula is C15H21N3S. The third kappa shape index (κ3) is 2.78. The maximum absolute atomic E-state index is 6.02. The van der Waals surface area contributed by atoms with Crippen LogP contribution in [0.3, 0.4) is 0 Å². The van der Waals surface area contributed by atoms with Gasteiger partial charge in [-0.15, -0.1) is 11.3 Å². The standard InChI is InChI=1S/C15H21N3S/c1-6-10-9(2)17-14(18-13(10)16)11-7-8-12(19-11)15(3,4)5/h7-8H,6H2,1-5H3,(H2,16,17,18). The van der Waals surface area contributed by atoms with Gasteiger partial charge in [0.2, 0.25) is 0 Å². The number of nitrogens with zero attached hydrogens (tertiary/aromatic N) is 2. The molecule has 0 aliphatic heterocycles. The molecule has 2 heterocycles. The van der Waals surface area contributed by atoms with E-state index in [9.17, 15) is 0 Å². The van der Waals surface area contributed by atoms with Crippen molar-refractivity contribution >= 4 is 17.2 Å². The van der Waals surface area contributed by atoms with Gasteiger partial charge in [-0.1, -0.05) is 27.7 Å². The highest BCUT2D eigenvalue weighted by atomic mass is 32.1. The van der Waals surface area contributed by atoms with Crippen LogP contribution in [-0.2, 0) is 11.8 Å². The van der Waals surface area contributed by atoms with Crippen LogP contribution in [0.5, 0.6) is 0 Å². The lowest BCUT2D eigenvalue weighted by Gasteiger charge is -2.15. The Labute approximate surface area is 118 Å². The van der Waals surface area contributed by atoms with E-state index in [0.717, 1.165) is 28.4 Å². The summed E-state index contributed by atoms with van der Waals surface area (Å²) >= 11 is 1.74. The van der Waals surface area contributed by atoms with Crippen molar-refractivity contribution in [1.29, 1.82) is 0 Å². The Balaban J connectivity index is 2.46. The second-order valence-corrected chi connectivity index (χ2v) is 6.85. The van der Waals surface area contributed by atoms with Crippen molar-refractivity contribution in [2.75, 3.05) is 5.73 Å². The minimum atomic E-state index is 0.160. The van der Waals surface area contributed by atoms with Crippen molar-refractivity contribution in [2.45, 2.75) is 46.5 Å². The first-order chi connectivity index (χ1) is 8.82. The molecule has 0 aliphatic rings. The smallest absolute Gasteiger partial charge is 0.171 e. The molecule has 0 saturated carbocycles. The van der Waals surface area contributed by atoms with E-state index in [4.69, 9.17) is 5.73 Å². The van der Waals surface area contributed by atoms with E-state index in [2.05, 4.69) is 49.8 Å². The largest absolute Gasteiger partial charge is 0.383 e. The van der Waals surface area contributed by atoms with E-state index < -0.39 is 0 Å². The lowest BCUT2D eigenvalue weighted by molar-refractivity contribution is 0.604. The molecule has 2 rings (SSSR count). The molecule has 0 fully saturated rings. The van der Waals surface area contributed by atoms with Gasteiger partial charge >= 0.3 is 0 Å². The van der Waals surface area contributed by atoms with Crippen molar-refractivity contribution < 1.29 is 0 Å². The quantitative estimate of drug-likeness (QED) is 0.902. The Bertz CT molecular complexity index is 571. The summed E-state index contributed by atoms with van der Waals surface area (Å²) in [5.74, 6) is 1.35. The second kappa shape index (κ2) is 4.93. The summed E-state index contributed by atoms with van der Waals surface area (Å²) in [6, 6.07) is 4.24. The van der Waals surface area contributed by atoms with E-state index >= 15 is 0 Å². The van der Waals surface area contributed by atoms with Crippen LogP contribution in [-0.4, -0.2) is 9.97 Å². The molecule has 2 aromatic rings. The predicted octanol–water partition coefficient (Wildman–Crippen LogP) is 3.96. The van der Waals surface area contributed by atoms with E-state index in [1.165, 1.54) is 4.88 Å². The van der Waals surface area contributed by atoms with Crippen LogP contribution in [0.25, 0.3) is 10.7 Å². The van der Waals surface area contributed by atoms with Gasteiger partial charge in [0.15, 0.2) is 5.82 Å². The van der Waals surface area contributed by atoms with Gasteiger partial charge in [0.05, 0.1) is 4.88 Å². The van der Waals surface area contributed by atoms with E-state index in [0.29, 0.717) is 5.82 Å². The van der Waals surface area contributed by atoms with Gasteiger partial charge < -0.3 is 5.73 Å². The van der Waals surface area contributed by atoms with Gasteiger partial charge in [0.1, 0.15) is 5.82 Å². The van der Waals surface area contributed by atoms with E-state index in [1.54, 1.807) is 11.3 Å². The van der Waals surface area contributed by atoms with Gasteiger partial charge in [-0.25, -0.2) is 9.97 Å². The maximum Gasteiger partial charge on any atom is 0.171 e. The summed E-state index contributed by atoms with van der Waals surface area (Å²) < 4.78 is 0. The van der Waals surface area contributed by atoms with Crippen molar-refractivity contribution in [1.82, 2.24) is 9.97 Å². The number of aromatic nitrogens is 2. The third-order valence-corrected chi connectivity index (χ3v) is 4.67. The van der Waals surface area contributed by atoms with E-state index in [-0.39, 0.29) is 5.41 Å². The number of nitrogens with two attached hydrogens (primary N) is 1. The number of hydrogen-bond acceptors (Lipinski definition) is 4. The molecule has 2 aromatic heterocycles. The molecule has 2 N–H and O–H groups in total. The molecule has 0 radical (unpaired) electrons. The lowest BCUT2D eigenvalue weighted by Crippen LogP contribution is -2.07. The van der Waals surface area contributed by atoms with Crippen LogP contribution in [0.1, 0.15) is 43.8 Å². The summed E-state index contributed by atoms with van der Waals surface area (Å²) in [6.45, 7) is 10.7. The summed E-state index contributed by atoms with van der Waals surface area (Å²) in [4.78, 5) is 11.5. The number of nitrogen functional groups attached to an aromatic ring is 1. The van der Waals surface area contributed by atoms with Crippen LogP contribution >= 0.6 is 11.3 Å². The van der Waals surface area contributed by atoms with Crippen LogP contribution in [0.2, 0.25) is 0 Å². The SMILES string of the molecule is CCc1c(C)nc(-c2ccc(C(C)(C)C)s2)nc1N. The average Bonchev–Trinajstić information content (AvgIpc) is 2.77. The number of hydrogen-bond donors (Lipinski definition) is 1. The molecule has 0 aliphatic carbocycles. The Kier molecular flexibility index (Phi) is 3.63. The molecule has 102 valence electrons. The number of aryl methyl sites for hydroxylation is 1. The molecule has 0 bridgehead atoms. The molecule has 0 unspecified atom stereocenters. The normalized spacial score (nSPS) is 11.8. The fourth-order valence-corrected chi connectivity index (χ4v) is 3.02. The monoisotopic (exact) mass is 275 g/mol.